The zero-order valence-electron chi connectivity index (χ0n) is 21.3. The van der Waals surface area contributed by atoms with E-state index < -0.39 is 59.7 Å². The molecule has 5 atom stereocenters. The van der Waals surface area contributed by atoms with Gasteiger partial charge in [0.15, 0.2) is 0 Å². The first-order chi connectivity index (χ1) is 16.4. The van der Waals surface area contributed by atoms with Crippen LogP contribution in [0.4, 0.5) is 0 Å². The maximum absolute atomic E-state index is 13.3. The zero-order valence-corrected chi connectivity index (χ0v) is 22.9. The van der Waals surface area contributed by atoms with Crippen molar-refractivity contribution in [1.29, 1.82) is 0 Å². The van der Waals surface area contributed by atoms with Gasteiger partial charge in [-0.15, -0.1) is 0 Å². The van der Waals surface area contributed by atoms with Crippen molar-refractivity contribution in [3.05, 3.63) is 0 Å². The van der Waals surface area contributed by atoms with E-state index >= 15 is 0 Å². The van der Waals surface area contributed by atoms with Crippen LogP contribution < -0.4 is 26.6 Å². The summed E-state index contributed by atoms with van der Waals surface area (Å²) in [6.07, 6.45) is 0.734. The largest absolute Gasteiger partial charge is 0.343 e. The fraction of sp³-hybridized carbons (Fsp3) is 0.783. The van der Waals surface area contributed by atoms with Gasteiger partial charge < -0.3 is 26.6 Å². The molecule has 198 valence electrons. The Bertz CT molecular complexity index is 807. The van der Waals surface area contributed by atoms with Crippen molar-refractivity contribution in [1.82, 2.24) is 26.6 Å². The minimum absolute atomic E-state index is 0.0938. The van der Waals surface area contributed by atoms with Crippen molar-refractivity contribution in [2.75, 3.05) is 11.5 Å². The lowest BCUT2D eigenvalue weighted by Gasteiger charge is -2.28. The predicted molar refractivity (Wildman–Crippen MR) is 138 cm³/mol. The molecule has 2 saturated heterocycles. The van der Waals surface area contributed by atoms with E-state index in [0.29, 0.717) is 24.3 Å². The molecule has 0 saturated carbocycles. The third-order valence-corrected chi connectivity index (χ3v) is 8.17. The lowest BCUT2D eigenvalue weighted by molar-refractivity contribution is -0.134. The number of fused-ring (bicyclic) bond motifs is 3. The standard InChI is InChI=1S/C23H39N5O5S2/c1-11(2)7-14-20(30)26-16-9-34-35-10-17(27-21(16)31)22(32)28-18(13(5)6)23(33)25-15(8-12(3)4)19(29)24-14/h11-18H,7-10H2,1-6H3,(H,24,29)(H,25,33)(H,26,30)(H,27,31)(H,28,32)/t14-,15+,16+,17+,18-/m0/s1. The van der Waals surface area contributed by atoms with Gasteiger partial charge in [0.25, 0.3) is 0 Å². The normalized spacial score (nSPS) is 29.4. The van der Waals surface area contributed by atoms with E-state index in [0.717, 1.165) is 0 Å². The molecule has 0 spiro atoms. The highest BCUT2D eigenvalue weighted by Gasteiger charge is 2.36. The first kappa shape index (κ1) is 29.3. The molecule has 35 heavy (non-hydrogen) atoms. The second-order valence-corrected chi connectivity index (χ2v) is 12.9. The summed E-state index contributed by atoms with van der Waals surface area (Å²) in [5.74, 6) is -1.79. The molecule has 2 fully saturated rings. The van der Waals surface area contributed by atoms with E-state index in [4.69, 9.17) is 0 Å². The van der Waals surface area contributed by atoms with Crippen LogP contribution in [-0.4, -0.2) is 71.3 Å². The van der Waals surface area contributed by atoms with Gasteiger partial charge in [0.1, 0.15) is 30.2 Å². The molecule has 0 aliphatic carbocycles. The fourth-order valence-corrected chi connectivity index (χ4v) is 6.20. The first-order valence-electron chi connectivity index (χ1n) is 12.1. The van der Waals surface area contributed by atoms with Crippen molar-refractivity contribution >= 4 is 51.1 Å². The van der Waals surface area contributed by atoms with Crippen molar-refractivity contribution in [3.63, 3.8) is 0 Å². The first-order valence-corrected chi connectivity index (χ1v) is 14.6. The molecule has 2 aliphatic heterocycles. The molecule has 2 heterocycles. The number of carbonyl (C=O) groups excluding carboxylic acids is 5. The van der Waals surface area contributed by atoms with E-state index in [2.05, 4.69) is 26.6 Å². The van der Waals surface area contributed by atoms with Gasteiger partial charge in [0.2, 0.25) is 29.5 Å². The van der Waals surface area contributed by atoms with Gasteiger partial charge in [-0.25, -0.2) is 0 Å². The average Bonchev–Trinajstić information content (AvgIpc) is 2.74. The van der Waals surface area contributed by atoms with Crippen LogP contribution in [-0.2, 0) is 24.0 Å². The second-order valence-electron chi connectivity index (χ2n) is 10.3. The van der Waals surface area contributed by atoms with Gasteiger partial charge in [0, 0.05) is 11.5 Å². The van der Waals surface area contributed by atoms with Gasteiger partial charge >= 0.3 is 0 Å². The zero-order chi connectivity index (χ0) is 26.3. The number of hydrogen-bond acceptors (Lipinski definition) is 7. The Morgan fingerprint density at radius 2 is 1.00 bits per heavy atom. The smallest absolute Gasteiger partial charge is 0.244 e. The lowest BCUT2D eigenvalue weighted by atomic mass is 9.98. The Morgan fingerprint density at radius 3 is 1.46 bits per heavy atom. The molecule has 0 aromatic heterocycles. The van der Waals surface area contributed by atoms with Crippen LogP contribution in [0.1, 0.15) is 54.4 Å². The summed E-state index contributed by atoms with van der Waals surface area (Å²) in [7, 11) is 2.80. The van der Waals surface area contributed by atoms with Gasteiger partial charge in [0.05, 0.1) is 0 Å². The van der Waals surface area contributed by atoms with Gasteiger partial charge in [-0.1, -0.05) is 63.1 Å². The molecular weight excluding hydrogens is 490 g/mol. The summed E-state index contributed by atoms with van der Waals surface area (Å²) in [6, 6.07) is -4.36. The Morgan fingerprint density at radius 1 is 0.600 bits per heavy atom. The molecule has 2 bridgehead atoms. The van der Waals surface area contributed by atoms with E-state index in [1.54, 1.807) is 13.8 Å². The topological polar surface area (TPSA) is 146 Å². The highest BCUT2D eigenvalue weighted by molar-refractivity contribution is 8.76. The highest BCUT2D eigenvalue weighted by Crippen LogP contribution is 2.25. The molecule has 10 nitrogen and oxygen atoms in total. The highest BCUT2D eigenvalue weighted by atomic mass is 33.1. The SMILES string of the molecule is CC(C)C[C@@H]1NC(=O)[C@@H](CC(C)C)NC(=O)[C@H](C(C)C)NC(=O)[C@H]2CSSC[C@@H](NC1=O)C(=O)N2. The summed E-state index contributed by atoms with van der Waals surface area (Å²) in [4.78, 5) is 65.6. The van der Waals surface area contributed by atoms with E-state index in [1.165, 1.54) is 21.6 Å². The van der Waals surface area contributed by atoms with Gasteiger partial charge in [-0.3, -0.25) is 24.0 Å². The Hall–Kier alpha value is -1.95. The van der Waals surface area contributed by atoms with Crippen LogP contribution in [0.5, 0.6) is 0 Å². The van der Waals surface area contributed by atoms with Crippen LogP contribution in [0.2, 0.25) is 0 Å². The Balaban J connectivity index is 2.47. The van der Waals surface area contributed by atoms with Crippen molar-refractivity contribution in [2.45, 2.75) is 84.6 Å². The maximum atomic E-state index is 13.3. The number of rotatable bonds is 5. The number of amides is 5. The minimum atomic E-state index is -0.892. The summed E-state index contributed by atoms with van der Waals surface area (Å²) >= 11 is 0. The molecule has 0 aromatic rings. The summed E-state index contributed by atoms with van der Waals surface area (Å²) in [5.41, 5.74) is 0. The van der Waals surface area contributed by atoms with Crippen LogP contribution in [0.3, 0.4) is 0 Å². The van der Waals surface area contributed by atoms with E-state index in [1.807, 2.05) is 27.7 Å². The lowest BCUT2D eigenvalue weighted by Crippen LogP contribution is -2.60. The van der Waals surface area contributed by atoms with Gasteiger partial charge in [-0.05, 0) is 30.6 Å². The third kappa shape index (κ3) is 8.89. The summed E-state index contributed by atoms with van der Waals surface area (Å²) < 4.78 is 0. The van der Waals surface area contributed by atoms with Crippen LogP contribution in [0.15, 0.2) is 0 Å². The second kappa shape index (κ2) is 13.4. The molecule has 5 N–H and O–H groups in total. The van der Waals surface area contributed by atoms with E-state index in [9.17, 15) is 24.0 Å². The van der Waals surface area contributed by atoms with Gasteiger partial charge in [-0.2, -0.15) is 0 Å². The van der Waals surface area contributed by atoms with Crippen LogP contribution in [0.25, 0.3) is 0 Å². The summed E-state index contributed by atoms with van der Waals surface area (Å²) in [5, 5.41) is 13.8. The van der Waals surface area contributed by atoms with Crippen molar-refractivity contribution < 1.29 is 24.0 Å². The number of hydrogen-bond donors (Lipinski definition) is 5. The van der Waals surface area contributed by atoms with E-state index in [-0.39, 0.29) is 17.8 Å². The molecule has 0 radical (unpaired) electrons. The molecule has 0 unspecified atom stereocenters. The molecule has 5 amide bonds. The van der Waals surface area contributed by atoms with Crippen LogP contribution >= 0.6 is 21.6 Å². The number of carbonyl (C=O) groups is 5. The van der Waals surface area contributed by atoms with Crippen LogP contribution in [0, 0.1) is 17.8 Å². The minimum Gasteiger partial charge on any atom is -0.343 e. The number of nitrogens with one attached hydrogen (secondary N) is 5. The molecule has 2 rings (SSSR count). The molecular formula is C23H39N5O5S2. The molecule has 2 aliphatic rings. The Labute approximate surface area is 215 Å². The van der Waals surface area contributed by atoms with Crippen molar-refractivity contribution in [3.8, 4) is 0 Å². The Kier molecular flexibility index (Phi) is 11.2. The average molecular weight is 530 g/mol. The molecule has 12 heteroatoms. The predicted octanol–water partition coefficient (Wildman–Crippen LogP) is 0.567. The van der Waals surface area contributed by atoms with Crippen molar-refractivity contribution in [2.24, 2.45) is 17.8 Å². The fourth-order valence-electron chi connectivity index (χ4n) is 3.87. The monoisotopic (exact) mass is 529 g/mol. The third-order valence-electron chi connectivity index (χ3n) is 5.75. The maximum Gasteiger partial charge on any atom is 0.244 e. The summed E-state index contributed by atoms with van der Waals surface area (Å²) in [6.45, 7) is 11.3. The quantitative estimate of drug-likeness (QED) is 0.327. The molecule has 0 aromatic carbocycles.